The second-order valence-electron chi connectivity index (χ2n) is 7.45. The van der Waals surface area contributed by atoms with Gasteiger partial charge in [-0.25, -0.2) is 13.2 Å². The van der Waals surface area contributed by atoms with E-state index >= 15 is 0 Å². The second kappa shape index (κ2) is 10.9. The summed E-state index contributed by atoms with van der Waals surface area (Å²) in [5.41, 5.74) is 1.58. The first-order chi connectivity index (χ1) is 16.1. The molecule has 9 heteroatoms. The number of amides is 1. The van der Waals surface area contributed by atoms with Crippen LogP contribution in [0.1, 0.15) is 40.1 Å². The number of nitrogens with zero attached hydrogens (tertiary/aromatic N) is 1. The summed E-state index contributed by atoms with van der Waals surface area (Å²) < 4.78 is 33.6. The molecule has 0 fully saturated rings. The van der Waals surface area contributed by atoms with Gasteiger partial charge in [0.05, 0.1) is 10.5 Å². The summed E-state index contributed by atoms with van der Waals surface area (Å²) in [5.74, 6) is -0.791. The number of halogens is 1. The fraction of sp³-hybridized carbons (Fsp3) is 0.200. The Morgan fingerprint density at radius 1 is 0.941 bits per heavy atom. The normalized spacial score (nSPS) is 11.3. The first-order valence-corrected chi connectivity index (χ1v) is 12.9. The van der Waals surface area contributed by atoms with E-state index in [1.165, 1.54) is 22.5 Å². The molecule has 0 bridgehead atoms. The van der Waals surface area contributed by atoms with Gasteiger partial charge in [0.25, 0.3) is 5.91 Å². The average molecular weight is 545 g/mol. The summed E-state index contributed by atoms with van der Waals surface area (Å²) in [6.45, 7) is 5.86. The van der Waals surface area contributed by atoms with Crippen LogP contribution in [0, 0.1) is 6.92 Å². The molecule has 0 saturated heterocycles. The Hall–Kier alpha value is -3.01. The van der Waals surface area contributed by atoms with Crippen molar-refractivity contribution in [2.45, 2.75) is 25.7 Å². The SMILES string of the molecule is CCN(CC)S(=O)(=O)c1cc(C(=O)Oc2cccc(NC(=O)c3ccc(Br)cc3)c2)ccc1C. The monoisotopic (exact) mass is 544 g/mol. The van der Waals surface area contributed by atoms with E-state index in [2.05, 4.69) is 21.2 Å². The van der Waals surface area contributed by atoms with Crippen molar-refractivity contribution in [2.75, 3.05) is 18.4 Å². The van der Waals surface area contributed by atoms with Crippen LogP contribution in [-0.4, -0.2) is 37.7 Å². The molecule has 0 saturated carbocycles. The van der Waals surface area contributed by atoms with E-state index in [0.29, 0.717) is 29.9 Å². The van der Waals surface area contributed by atoms with Gasteiger partial charge in [-0.05, 0) is 61.0 Å². The van der Waals surface area contributed by atoms with Gasteiger partial charge in [-0.15, -0.1) is 0 Å². The molecule has 0 unspecified atom stereocenters. The van der Waals surface area contributed by atoms with Gasteiger partial charge >= 0.3 is 5.97 Å². The number of nitrogens with one attached hydrogen (secondary N) is 1. The van der Waals surface area contributed by atoms with E-state index in [1.807, 2.05) is 0 Å². The fourth-order valence-corrected chi connectivity index (χ4v) is 5.29. The van der Waals surface area contributed by atoms with Gasteiger partial charge in [-0.3, -0.25) is 4.79 Å². The summed E-state index contributed by atoms with van der Waals surface area (Å²) in [5, 5.41) is 2.76. The topological polar surface area (TPSA) is 92.8 Å². The number of benzene rings is 3. The van der Waals surface area contributed by atoms with Crippen LogP contribution >= 0.6 is 15.9 Å². The third-order valence-electron chi connectivity index (χ3n) is 5.16. The van der Waals surface area contributed by atoms with Gasteiger partial charge in [0, 0.05) is 34.9 Å². The highest BCUT2D eigenvalue weighted by atomic mass is 79.9. The van der Waals surface area contributed by atoms with Gasteiger partial charge in [-0.1, -0.05) is 41.9 Å². The molecule has 0 aromatic heterocycles. The molecular formula is C25H25BrN2O5S. The molecule has 7 nitrogen and oxygen atoms in total. The van der Waals surface area contributed by atoms with E-state index in [1.54, 1.807) is 69.3 Å². The lowest BCUT2D eigenvalue weighted by atomic mass is 10.1. The average Bonchev–Trinajstić information content (AvgIpc) is 2.80. The summed E-state index contributed by atoms with van der Waals surface area (Å²) in [6.07, 6.45) is 0. The van der Waals surface area contributed by atoms with Gasteiger partial charge in [0.15, 0.2) is 0 Å². The highest BCUT2D eigenvalue weighted by Gasteiger charge is 2.25. The number of ether oxygens (including phenoxy) is 1. The molecule has 0 aliphatic rings. The zero-order valence-corrected chi connectivity index (χ0v) is 21.4. The van der Waals surface area contributed by atoms with Crippen LogP contribution in [-0.2, 0) is 10.0 Å². The van der Waals surface area contributed by atoms with Gasteiger partial charge in [0.2, 0.25) is 10.0 Å². The number of aryl methyl sites for hydroxylation is 1. The largest absolute Gasteiger partial charge is 0.423 e. The van der Waals surface area contributed by atoms with Crippen molar-refractivity contribution in [3.05, 3.63) is 87.9 Å². The van der Waals surface area contributed by atoms with Crippen molar-refractivity contribution in [1.29, 1.82) is 0 Å². The predicted octanol–water partition coefficient (Wildman–Crippen LogP) is 5.26. The Kier molecular flexibility index (Phi) is 8.24. The van der Waals surface area contributed by atoms with Crippen LogP contribution in [0.4, 0.5) is 5.69 Å². The van der Waals surface area contributed by atoms with E-state index in [9.17, 15) is 18.0 Å². The highest BCUT2D eigenvalue weighted by molar-refractivity contribution is 9.10. The van der Waals surface area contributed by atoms with Crippen LogP contribution in [0.15, 0.2) is 76.1 Å². The minimum atomic E-state index is -3.73. The number of sulfonamides is 1. The summed E-state index contributed by atoms with van der Waals surface area (Å²) in [7, 11) is -3.73. The first-order valence-electron chi connectivity index (χ1n) is 10.7. The molecule has 3 aromatic carbocycles. The van der Waals surface area contributed by atoms with Gasteiger partial charge in [-0.2, -0.15) is 4.31 Å². The number of carbonyl (C=O) groups is 2. The molecular weight excluding hydrogens is 520 g/mol. The van der Waals surface area contributed by atoms with Crippen LogP contribution in [0.2, 0.25) is 0 Å². The Morgan fingerprint density at radius 2 is 1.59 bits per heavy atom. The molecule has 3 aromatic rings. The number of hydrogen-bond acceptors (Lipinski definition) is 5. The zero-order valence-electron chi connectivity index (χ0n) is 19.0. The first kappa shape index (κ1) is 25.6. The van der Waals surface area contributed by atoms with E-state index in [0.717, 1.165) is 4.47 Å². The Balaban J connectivity index is 1.79. The third kappa shape index (κ3) is 5.91. The number of esters is 1. The smallest absolute Gasteiger partial charge is 0.343 e. The molecule has 3 rings (SSSR count). The molecule has 0 aliphatic carbocycles. The molecule has 178 valence electrons. The van der Waals surface area contributed by atoms with Crippen LogP contribution in [0.25, 0.3) is 0 Å². The molecule has 0 aliphatic heterocycles. The minimum Gasteiger partial charge on any atom is -0.423 e. The lowest BCUT2D eigenvalue weighted by Gasteiger charge is -2.20. The van der Waals surface area contributed by atoms with Crippen LogP contribution in [0.3, 0.4) is 0 Å². The van der Waals surface area contributed by atoms with Crippen molar-refractivity contribution in [2.24, 2.45) is 0 Å². The molecule has 0 atom stereocenters. The van der Waals surface area contributed by atoms with E-state index < -0.39 is 16.0 Å². The third-order valence-corrected chi connectivity index (χ3v) is 7.88. The molecule has 1 N–H and O–H groups in total. The molecule has 1 amide bonds. The second-order valence-corrected chi connectivity index (χ2v) is 10.3. The summed E-state index contributed by atoms with van der Waals surface area (Å²) >= 11 is 3.33. The van der Waals surface area contributed by atoms with E-state index in [-0.39, 0.29) is 22.1 Å². The van der Waals surface area contributed by atoms with Gasteiger partial charge < -0.3 is 10.1 Å². The summed E-state index contributed by atoms with van der Waals surface area (Å²) in [6, 6.07) is 17.8. The van der Waals surface area contributed by atoms with Crippen LogP contribution < -0.4 is 10.1 Å². The van der Waals surface area contributed by atoms with E-state index in [4.69, 9.17) is 4.74 Å². The number of hydrogen-bond donors (Lipinski definition) is 1. The maximum absolute atomic E-state index is 13.0. The maximum Gasteiger partial charge on any atom is 0.343 e. The van der Waals surface area contributed by atoms with Crippen molar-refractivity contribution in [1.82, 2.24) is 4.31 Å². The van der Waals surface area contributed by atoms with Crippen molar-refractivity contribution in [3.63, 3.8) is 0 Å². The van der Waals surface area contributed by atoms with Crippen LogP contribution in [0.5, 0.6) is 5.75 Å². The molecule has 34 heavy (non-hydrogen) atoms. The standard InChI is InChI=1S/C25H25BrN2O5S/c1-4-28(5-2)34(31,32)23-15-19(10-9-17(23)3)25(30)33-22-8-6-7-21(16-22)27-24(29)18-11-13-20(26)14-12-18/h6-16H,4-5H2,1-3H3,(H,27,29). The Bertz CT molecular complexity index is 1300. The number of rotatable bonds is 8. The predicted molar refractivity (Wildman–Crippen MR) is 135 cm³/mol. The zero-order chi connectivity index (χ0) is 24.9. The Morgan fingerprint density at radius 3 is 2.24 bits per heavy atom. The number of carbonyl (C=O) groups excluding carboxylic acids is 2. The molecule has 0 radical (unpaired) electrons. The quantitative estimate of drug-likeness (QED) is 0.308. The van der Waals surface area contributed by atoms with Crippen molar-refractivity contribution in [3.8, 4) is 5.75 Å². The lowest BCUT2D eigenvalue weighted by Crippen LogP contribution is -2.31. The number of anilines is 1. The fourth-order valence-electron chi connectivity index (χ4n) is 3.32. The van der Waals surface area contributed by atoms with Crippen molar-refractivity contribution >= 4 is 43.5 Å². The Labute approximate surface area is 207 Å². The molecule has 0 heterocycles. The van der Waals surface area contributed by atoms with Crippen molar-refractivity contribution < 1.29 is 22.7 Å². The van der Waals surface area contributed by atoms with Gasteiger partial charge in [0.1, 0.15) is 5.75 Å². The summed E-state index contributed by atoms with van der Waals surface area (Å²) in [4.78, 5) is 25.3. The maximum atomic E-state index is 13.0. The highest BCUT2D eigenvalue weighted by Crippen LogP contribution is 2.24. The molecule has 0 spiro atoms. The lowest BCUT2D eigenvalue weighted by molar-refractivity contribution is 0.0734. The minimum absolute atomic E-state index is 0.0705.